The molecule has 0 atom stereocenters. The summed E-state index contributed by atoms with van der Waals surface area (Å²) in [5, 5.41) is 0.950. The Hall–Kier alpha value is -2.04. The van der Waals surface area contributed by atoms with Crippen LogP contribution in [-0.4, -0.2) is 37.0 Å². The Kier molecular flexibility index (Phi) is 5.61. The Labute approximate surface area is 156 Å². The monoisotopic (exact) mass is 378 g/mol. The molecule has 1 heterocycles. The van der Waals surface area contributed by atoms with E-state index in [9.17, 15) is 9.18 Å². The van der Waals surface area contributed by atoms with E-state index in [1.807, 2.05) is 6.07 Å². The van der Waals surface area contributed by atoms with E-state index < -0.39 is 0 Å². The van der Waals surface area contributed by atoms with Gasteiger partial charge in [-0.15, -0.1) is 0 Å². The molecule has 3 nitrogen and oxygen atoms in total. The van der Waals surface area contributed by atoms with Crippen LogP contribution in [0.3, 0.4) is 0 Å². The minimum Gasteiger partial charge on any atom is -0.368 e. The largest absolute Gasteiger partial charge is 0.368 e. The summed E-state index contributed by atoms with van der Waals surface area (Å²) in [7, 11) is 0. The Balaban J connectivity index is 1.56. The summed E-state index contributed by atoms with van der Waals surface area (Å²) >= 11 is 11.9. The van der Waals surface area contributed by atoms with Gasteiger partial charge in [0.1, 0.15) is 5.82 Å². The number of carbonyl (C=O) groups excluding carboxylic acids is 1. The number of amides is 1. The van der Waals surface area contributed by atoms with E-state index >= 15 is 0 Å². The summed E-state index contributed by atoms with van der Waals surface area (Å²) in [5.74, 6) is -0.283. The Bertz CT molecular complexity index is 785. The van der Waals surface area contributed by atoms with Gasteiger partial charge in [0.15, 0.2) is 0 Å². The molecule has 0 spiro atoms. The fourth-order valence-electron chi connectivity index (χ4n) is 2.73. The highest BCUT2D eigenvalue weighted by Gasteiger charge is 2.19. The third-order valence-corrected chi connectivity index (χ3v) is 4.88. The third kappa shape index (κ3) is 4.53. The molecule has 0 bridgehead atoms. The molecule has 130 valence electrons. The molecule has 1 aliphatic rings. The van der Waals surface area contributed by atoms with Crippen LogP contribution >= 0.6 is 23.2 Å². The van der Waals surface area contributed by atoms with Crippen LogP contribution in [0.15, 0.2) is 48.5 Å². The minimum absolute atomic E-state index is 0.0372. The molecule has 0 saturated carbocycles. The predicted molar refractivity (Wildman–Crippen MR) is 101 cm³/mol. The first kappa shape index (κ1) is 17.8. The van der Waals surface area contributed by atoms with E-state index in [4.69, 9.17) is 23.2 Å². The van der Waals surface area contributed by atoms with Crippen molar-refractivity contribution in [2.75, 3.05) is 31.1 Å². The minimum atomic E-state index is -0.245. The smallest absolute Gasteiger partial charge is 0.246 e. The fourth-order valence-corrected chi connectivity index (χ4v) is 3.03. The highest BCUT2D eigenvalue weighted by molar-refractivity contribution is 6.42. The molecule has 2 aromatic rings. The summed E-state index contributed by atoms with van der Waals surface area (Å²) in [6.07, 6.45) is 3.28. The number of hydrogen-bond donors (Lipinski definition) is 0. The molecule has 0 N–H and O–H groups in total. The van der Waals surface area contributed by atoms with Crippen molar-refractivity contribution in [3.63, 3.8) is 0 Å². The lowest BCUT2D eigenvalue weighted by atomic mass is 10.2. The molecule has 1 saturated heterocycles. The normalized spacial score (nSPS) is 15.0. The molecule has 25 heavy (non-hydrogen) atoms. The second kappa shape index (κ2) is 7.89. The number of carbonyl (C=O) groups is 1. The molecule has 1 fully saturated rings. The molecule has 1 aliphatic heterocycles. The number of nitrogens with zero attached hydrogens (tertiary/aromatic N) is 2. The van der Waals surface area contributed by atoms with Gasteiger partial charge in [-0.2, -0.15) is 0 Å². The summed E-state index contributed by atoms with van der Waals surface area (Å²) in [6, 6.07) is 11.7. The van der Waals surface area contributed by atoms with Crippen molar-refractivity contribution in [3.05, 3.63) is 70.0 Å². The van der Waals surface area contributed by atoms with Gasteiger partial charge in [0.25, 0.3) is 0 Å². The van der Waals surface area contributed by atoms with Gasteiger partial charge >= 0.3 is 0 Å². The molecule has 0 aliphatic carbocycles. The van der Waals surface area contributed by atoms with Crippen LogP contribution in [0, 0.1) is 5.82 Å². The summed E-state index contributed by atoms with van der Waals surface area (Å²) in [4.78, 5) is 16.3. The average Bonchev–Trinajstić information content (AvgIpc) is 2.63. The molecule has 0 aromatic heterocycles. The number of anilines is 1. The maximum absolute atomic E-state index is 13.0. The zero-order valence-electron chi connectivity index (χ0n) is 13.5. The molecule has 6 heteroatoms. The summed E-state index contributed by atoms with van der Waals surface area (Å²) < 4.78 is 13.0. The van der Waals surface area contributed by atoms with Gasteiger partial charge in [-0.25, -0.2) is 4.39 Å². The number of benzene rings is 2. The van der Waals surface area contributed by atoms with Crippen LogP contribution in [0.1, 0.15) is 5.56 Å². The zero-order valence-corrected chi connectivity index (χ0v) is 15.0. The molecule has 2 aromatic carbocycles. The number of piperazine rings is 1. The van der Waals surface area contributed by atoms with Crippen LogP contribution in [0.25, 0.3) is 6.08 Å². The van der Waals surface area contributed by atoms with Gasteiger partial charge in [0, 0.05) is 37.9 Å². The van der Waals surface area contributed by atoms with Gasteiger partial charge in [-0.05, 0) is 48.0 Å². The highest BCUT2D eigenvalue weighted by atomic mass is 35.5. The molecular formula is C19H17Cl2FN2O. The maximum atomic E-state index is 13.0. The van der Waals surface area contributed by atoms with Crippen molar-refractivity contribution in [2.24, 2.45) is 0 Å². The SMILES string of the molecule is O=C(C=Cc1ccc(Cl)c(Cl)c1)N1CCN(c2ccc(F)cc2)CC1. The van der Waals surface area contributed by atoms with Crippen molar-refractivity contribution in [2.45, 2.75) is 0 Å². The van der Waals surface area contributed by atoms with Crippen LogP contribution in [0.5, 0.6) is 0 Å². The van der Waals surface area contributed by atoms with E-state index in [0.29, 0.717) is 23.1 Å². The third-order valence-electron chi connectivity index (χ3n) is 4.15. The van der Waals surface area contributed by atoms with E-state index in [2.05, 4.69) is 4.90 Å². The average molecular weight is 379 g/mol. The standard InChI is InChI=1S/C19H17Cl2FN2O/c20-17-7-1-14(13-18(17)21)2-8-19(25)24-11-9-23(10-12-24)16-5-3-15(22)4-6-16/h1-8,13H,9-12H2. The number of rotatable bonds is 3. The van der Waals surface area contributed by atoms with Gasteiger partial charge in [-0.1, -0.05) is 29.3 Å². The van der Waals surface area contributed by atoms with E-state index in [0.717, 1.165) is 24.3 Å². The molecule has 0 unspecified atom stereocenters. The van der Waals surface area contributed by atoms with Gasteiger partial charge < -0.3 is 9.80 Å². The van der Waals surface area contributed by atoms with E-state index in [1.165, 1.54) is 12.1 Å². The molecule has 1 amide bonds. The van der Waals surface area contributed by atoms with Crippen molar-refractivity contribution < 1.29 is 9.18 Å². The zero-order chi connectivity index (χ0) is 17.8. The van der Waals surface area contributed by atoms with E-state index in [1.54, 1.807) is 41.3 Å². The van der Waals surface area contributed by atoms with E-state index in [-0.39, 0.29) is 11.7 Å². The number of hydrogen-bond acceptors (Lipinski definition) is 2. The lowest BCUT2D eigenvalue weighted by molar-refractivity contribution is -0.126. The quantitative estimate of drug-likeness (QED) is 0.734. The molecular weight excluding hydrogens is 362 g/mol. The second-order valence-corrected chi connectivity index (χ2v) is 6.61. The Morgan fingerprint density at radius 1 is 0.960 bits per heavy atom. The first-order valence-corrected chi connectivity index (χ1v) is 8.71. The van der Waals surface area contributed by atoms with Gasteiger partial charge in [0.2, 0.25) is 5.91 Å². The molecule has 3 rings (SSSR count). The van der Waals surface area contributed by atoms with Crippen LogP contribution in [-0.2, 0) is 4.79 Å². The van der Waals surface area contributed by atoms with Gasteiger partial charge in [-0.3, -0.25) is 4.79 Å². The number of halogens is 3. The predicted octanol–water partition coefficient (Wildman–Crippen LogP) is 4.49. The first-order chi connectivity index (χ1) is 12.0. The Morgan fingerprint density at radius 2 is 1.64 bits per heavy atom. The summed E-state index contributed by atoms with van der Waals surface area (Å²) in [5.41, 5.74) is 1.80. The topological polar surface area (TPSA) is 23.6 Å². The highest BCUT2D eigenvalue weighted by Crippen LogP contribution is 2.23. The molecule has 0 radical (unpaired) electrons. The maximum Gasteiger partial charge on any atom is 0.246 e. The van der Waals surface area contributed by atoms with Crippen molar-refractivity contribution in [1.29, 1.82) is 0 Å². The lowest BCUT2D eigenvalue weighted by Crippen LogP contribution is -2.48. The van der Waals surface area contributed by atoms with Gasteiger partial charge in [0.05, 0.1) is 10.0 Å². The van der Waals surface area contributed by atoms with Crippen LogP contribution in [0.4, 0.5) is 10.1 Å². The van der Waals surface area contributed by atoms with Crippen molar-refractivity contribution in [3.8, 4) is 0 Å². The second-order valence-electron chi connectivity index (χ2n) is 5.80. The van der Waals surface area contributed by atoms with Crippen LogP contribution in [0.2, 0.25) is 10.0 Å². The lowest BCUT2D eigenvalue weighted by Gasteiger charge is -2.35. The van der Waals surface area contributed by atoms with Crippen LogP contribution < -0.4 is 4.90 Å². The first-order valence-electron chi connectivity index (χ1n) is 7.95. The fraction of sp³-hybridized carbons (Fsp3) is 0.211. The Morgan fingerprint density at radius 3 is 2.28 bits per heavy atom. The van der Waals surface area contributed by atoms with Crippen molar-refractivity contribution in [1.82, 2.24) is 4.90 Å². The summed E-state index contributed by atoms with van der Waals surface area (Å²) in [6.45, 7) is 2.69. The van der Waals surface area contributed by atoms with Crippen molar-refractivity contribution >= 4 is 40.9 Å².